The maximum atomic E-state index is 2.54. The topological polar surface area (TPSA) is 0 Å². The van der Waals surface area contributed by atoms with E-state index in [9.17, 15) is 0 Å². The third-order valence-corrected chi connectivity index (χ3v) is 7.06. The highest BCUT2D eigenvalue weighted by Crippen LogP contribution is 2.37. The molecule has 2 fully saturated rings. The molecule has 0 aromatic carbocycles. The summed E-state index contributed by atoms with van der Waals surface area (Å²) in [5, 5.41) is 0. The molecule has 2 aliphatic rings. The van der Waals surface area contributed by atoms with Crippen LogP contribution >= 0.6 is 0 Å². The molecule has 0 heterocycles. The van der Waals surface area contributed by atoms with Gasteiger partial charge in [0.15, 0.2) is 0 Å². The summed E-state index contributed by atoms with van der Waals surface area (Å²) in [4.78, 5) is 0. The molecule has 2 aliphatic carbocycles. The van der Waals surface area contributed by atoms with E-state index in [0.717, 1.165) is 17.8 Å². The average Bonchev–Trinajstić information content (AvgIpc) is 3.29. The van der Waals surface area contributed by atoms with Gasteiger partial charge >= 0.3 is 0 Å². The van der Waals surface area contributed by atoms with Crippen molar-refractivity contribution in [2.24, 2.45) is 17.8 Å². The summed E-state index contributed by atoms with van der Waals surface area (Å²) in [6.07, 6.45) is 33.0. The molecule has 0 saturated heterocycles. The normalized spacial score (nSPS) is 24.7. The molecule has 2 atom stereocenters. The standard InChI is InChI=1S/C25H46/c1-2-3-4-5-8-11-19-24-21-15-22-25(24)20-12-9-6-7-10-16-23-17-13-14-18-23/h9,12,23-25H,2-8,10-11,13-22H2,1H3/t24-,25-/m0/s1. The van der Waals surface area contributed by atoms with Crippen molar-refractivity contribution in [3.8, 4) is 0 Å². The maximum Gasteiger partial charge on any atom is -0.0320 e. The molecular weight excluding hydrogens is 300 g/mol. The van der Waals surface area contributed by atoms with Crippen molar-refractivity contribution in [2.75, 3.05) is 0 Å². The van der Waals surface area contributed by atoms with Crippen LogP contribution in [0, 0.1) is 17.8 Å². The third-order valence-electron chi connectivity index (χ3n) is 7.06. The van der Waals surface area contributed by atoms with Crippen LogP contribution in [0.4, 0.5) is 0 Å². The minimum Gasteiger partial charge on any atom is -0.0885 e. The van der Waals surface area contributed by atoms with E-state index >= 15 is 0 Å². The first-order valence-electron chi connectivity index (χ1n) is 12.0. The van der Waals surface area contributed by atoms with Crippen LogP contribution in [-0.2, 0) is 0 Å². The molecule has 0 radical (unpaired) electrons. The van der Waals surface area contributed by atoms with Gasteiger partial charge in [-0.3, -0.25) is 0 Å². The summed E-state index contributed by atoms with van der Waals surface area (Å²) in [7, 11) is 0. The highest BCUT2D eigenvalue weighted by molar-refractivity contribution is 4.88. The molecule has 2 saturated carbocycles. The molecule has 2 rings (SSSR count). The number of allylic oxidation sites excluding steroid dienone is 2. The molecule has 0 nitrogen and oxygen atoms in total. The van der Waals surface area contributed by atoms with Gasteiger partial charge in [0.1, 0.15) is 0 Å². The second kappa shape index (κ2) is 13.9. The molecule has 25 heavy (non-hydrogen) atoms. The van der Waals surface area contributed by atoms with Gasteiger partial charge in [-0.05, 0) is 43.4 Å². The largest absolute Gasteiger partial charge is 0.0885 e. The predicted octanol–water partition coefficient (Wildman–Crippen LogP) is 8.85. The van der Waals surface area contributed by atoms with Crippen LogP contribution in [-0.4, -0.2) is 0 Å². The van der Waals surface area contributed by atoms with E-state index in [2.05, 4.69) is 19.1 Å². The molecule has 0 bridgehead atoms. The first-order chi connectivity index (χ1) is 12.4. The number of unbranched alkanes of at least 4 members (excludes halogenated alkanes) is 7. The fourth-order valence-electron chi connectivity index (χ4n) is 5.37. The van der Waals surface area contributed by atoms with Crippen molar-refractivity contribution in [2.45, 2.75) is 129 Å². The SMILES string of the molecule is CCCCCCCC[C@H]1CCC[C@@H]1CC=CCCCCC1CCCC1. The first-order valence-corrected chi connectivity index (χ1v) is 12.0. The van der Waals surface area contributed by atoms with Crippen molar-refractivity contribution in [1.82, 2.24) is 0 Å². The molecule has 0 amide bonds. The van der Waals surface area contributed by atoms with E-state index in [0.29, 0.717) is 0 Å². The molecule has 0 spiro atoms. The van der Waals surface area contributed by atoms with Crippen LogP contribution in [0.15, 0.2) is 12.2 Å². The van der Waals surface area contributed by atoms with Gasteiger partial charge in [0.2, 0.25) is 0 Å². The van der Waals surface area contributed by atoms with Crippen molar-refractivity contribution in [3.63, 3.8) is 0 Å². The Bertz CT molecular complexity index is 323. The Balaban J connectivity index is 1.45. The van der Waals surface area contributed by atoms with Gasteiger partial charge in [-0.15, -0.1) is 0 Å². The number of rotatable bonds is 14. The Kier molecular flexibility index (Phi) is 11.7. The molecule has 0 N–H and O–H groups in total. The van der Waals surface area contributed by atoms with Gasteiger partial charge in [0.05, 0.1) is 0 Å². The van der Waals surface area contributed by atoms with Crippen molar-refractivity contribution < 1.29 is 0 Å². The lowest BCUT2D eigenvalue weighted by molar-refractivity contribution is 0.352. The zero-order valence-electron chi connectivity index (χ0n) is 17.3. The third kappa shape index (κ3) is 9.30. The number of hydrogen-bond donors (Lipinski definition) is 0. The Labute approximate surface area is 159 Å². The molecule has 0 aromatic heterocycles. The minimum absolute atomic E-state index is 1.02. The Hall–Kier alpha value is -0.260. The average molecular weight is 347 g/mol. The van der Waals surface area contributed by atoms with E-state index in [-0.39, 0.29) is 0 Å². The molecular formula is C25H46. The monoisotopic (exact) mass is 346 g/mol. The van der Waals surface area contributed by atoms with Crippen molar-refractivity contribution >= 4 is 0 Å². The second-order valence-electron chi connectivity index (χ2n) is 9.15. The molecule has 146 valence electrons. The van der Waals surface area contributed by atoms with Crippen LogP contribution < -0.4 is 0 Å². The summed E-state index contributed by atoms with van der Waals surface area (Å²) < 4.78 is 0. The molecule has 0 aliphatic heterocycles. The summed E-state index contributed by atoms with van der Waals surface area (Å²) in [5.41, 5.74) is 0. The van der Waals surface area contributed by atoms with Gasteiger partial charge in [-0.1, -0.05) is 115 Å². The molecule has 0 unspecified atom stereocenters. The van der Waals surface area contributed by atoms with Crippen molar-refractivity contribution in [1.29, 1.82) is 0 Å². The highest BCUT2D eigenvalue weighted by atomic mass is 14.3. The summed E-state index contributed by atoms with van der Waals surface area (Å²) in [5.74, 6) is 3.16. The van der Waals surface area contributed by atoms with Crippen LogP contribution in [0.3, 0.4) is 0 Å². The second-order valence-corrected chi connectivity index (χ2v) is 9.15. The zero-order valence-corrected chi connectivity index (χ0v) is 17.3. The predicted molar refractivity (Wildman–Crippen MR) is 113 cm³/mol. The Morgan fingerprint density at radius 1 is 0.640 bits per heavy atom. The van der Waals surface area contributed by atoms with Gasteiger partial charge in [0, 0.05) is 0 Å². The van der Waals surface area contributed by atoms with E-state index in [1.54, 1.807) is 0 Å². The lowest BCUT2D eigenvalue weighted by Gasteiger charge is -2.18. The lowest BCUT2D eigenvalue weighted by atomic mass is 9.88. The first kappa shape index (κ1) is 21.0. The summed E-state index contributed by atoms with van der Waals surface area (Å²) in [6.45, 7) is 2.31. The van der Waals surface area contributed by atoms with E-state index in [1.165, 1.54) is 122 Å². The summed E-state index contributed by atoms with van der Waals surface area (Å²) >= 11 is 0. The van der Waals surface area contributed by atoms with Gasteiger partial charge in [0.25, 0.3) is 0 Å². The van der Waals surface area contributed by atoms with Crippen LogP contribution in [0.25, 0.3) is 0 Å². The smallest absolute Gasteiger partial charge is 0.0320 e. The van der Waals surface area contributed by atoms with Crippen molar-refractivity contribution in [3.05, 3.63) is 12.2 Å². The van der Waals surface area contributed by atoms with Crippen LogP contribution in [0.1, 0.15) is 129 Å². The van der Waals surface area contributed by atoms with E-state index in [4.69, 9.17) is 0 Å². The van der Waals surface area contributed by atoms with Crippen LogP contribution in [0.5, 0.6) is 0 Å². The molecule has 0 aromatic rings. The number of hydrogen-bond acceptors (Lipinski definition) is 0. The summed E-state index contributed by atoms with van der Waals surface area (Å²) in [6, 6.07) is 0. The fraction of sp³-hybridized carbons (Fsp3) is 0.920. The minimum atomic E-state index is 1.02. The quantitative estimate of drug-likeness (QED) is 0.217. The van der Waals surface area contributed by atoms with E-state index in [1.807, 2.05) is 0 Å². The fourth-order valence-corrected chi connectivity index (χ4v) is 5.37. The van der Waals surface area contributed by atoms with Gasteiger partial charge in [-0.2, -0.15) is 0 Å². The Morgan fingerprint density at radius 2 is 1.36 bits per heavy atom. The van der Waals surface area contributed by atoms with Crippen LogP contribution in [0.2, 0.25) is 0 Å². The molecule has 0 heteroatoms. The van der Waals surface area contributed by atoms with E-state index < -0.39 is 0 Å². The lowest BCUT2D eigenvalue weighted by Crippen LogP contribution is -2.07. The van der Waals surface area contributed by atoms with Gasteiger partial charge in [-0.25, -0.2) is 0 Å². The Morgan fingerprint density at radius 3 is 2.20 bits per heavy atom. The highest BCUT2D eigenvalue weighted by Gasteiger charge is 2.25. The maximum absolute atomic E-state index is 2.54. The zero-order chi connectivity index (χ0) is 17.6. The van der Waals surface area contributed by atoms with Gasteiger partial charge < -0.3 is 0 Å².